The van der Waals surface area contributed by atoms with Gasteiger partial charge in [0.1, 0.15) is 11.4 Å². The van der Waals surface area contributed by atoms with Gasteiger partial charge in [0.25, 0.3) is 0 Å². The second-order valence-corrected chi connectivity index (χ2v) is 5.86. The number of carbonyl (C=O) groups is 1. The molecule has 1 aliphatic carbocycles. The van der Waals surface area contributed by atoms with Gasteiger partial charge < -0.3 is 10.5 Å². The summed E-state index contributed by atoms with van der Waals surface area (Å²) < 4.78 is 18.5. The van der Waals surface area contributed by atoms with Crippen molar-refractivity contribution in [2.75, 3.05) is 5.32 Å². The smallest absolute Gasteiger partial charge is 0.412 e. The van der Waals surface area contributed by atoms with Crippen LogP contribution in [0.2, 0.25) is 0 Å². The van der Waals surface area contributed by atoms with E-state index in [9.17, 15) is 9.18 Å². The van der Waals surface area contributed by atoms with Crippen LogP contribution in [0.25, 0.3) is 0 Å². The minimum Gasteiger partial charge on any atom is -0.444 e. The molecule has 0 unspecified atom stereocenters. The zero-order chi connectivity index (χ0) is 14.2. The minimum absolute atomic E-state index is 0.0426. The second-order valence-electron chi connectivity index (χ2n) is 5.86. The van der Waals surface area contributed by atoms with Crippen LogP contribution >= 0.6 is 0 Å². The monoisotopic (exact) mass is 266 g/mol. The van der Waals surface area contributed by atoms with Gasteiger partial charge in [-0.3, -0.25) is 5.32 Å². The van der Waals surface area contributed by atoms with Gasteiger partial charge in [-0.25, -0.2) is 9.18 Å². The number of ether oxygens (including phenoxy) is 1. The lowest BCUT2D eigenvalue weighted by atomic mass is 10.1. The van der Waals surface area contributed by atoms with Crippen molar-refractivity contribution in [2.45, 2.75) is 44.8 Å². The van der Waals surface area contributed by atoms with Crippen LogP contribution in [0.15, 0.2) is 18.2 Å². The van der Waals surface area contributed by atoms with E-state index >= 15 is 0 Å². The summed E-state index contributed by atoms with van der Waals surface area (Å²) in [4.78, 5) is 11.7. The summed E-state index contributed by atoms with van der Waals surface area (Å²) in [6, 6.07) is 4.31. The summed E-state index contributed by atoms with van der Waals surface area (Å²) >= 11 is 0. The Morgan fingerprint density at radius 2 is 2.11 bits per heavy atom. The third-order valence-electron chi connectivity index (χ3n) is 2.89. The van der Waals surface area contributed by atoms with Crippen molar-refractivity contribution in [3.63, 3.8) is 0 Å². The Morgan fingerprint density at radius 3 is 2.63 bits per heavy atom. The van der Waals surface area contributed by atoms with Crippen LogP contribution in [0.1, 0.15) is 38.7 Å². The molecule has 1 aromatic rings. The summed E-state index contributed by atoms with van der Waals surface area (Å²) in [6.07, 6.45) is 0.265. The summed E-state index contributed by atoms with van der Waals surface area (Å²) in [5, 5.41) is 2.65. The van der Waals surface area contributed by atoms with Crippen LogP contribution in [0.5, 0.6) is 0 Å². The molecule has 0 aromatic heterocycles. The Bertz CT molecular complexity index is 497. The second kappa shape index (κ2) is 4.81. The highest BCUT2D eigenvalue weighted by molar-refractivity contribution is 5.86. The van der Waals surface area contributed by atoms with E-state index in [0.29, 0.717) is 5.69 Å². The van der Waals surface area contributed by atoms with Gasteiger partial charge >= 0.3 is 6.09 Å². The molecule has 2 atom stereocenters. The molecule has 0 saturated heterocycles. The van der Waals surface area contributed by atoms with E-state index in [1.54, 1.807) is 26.8 Å². The van der Waals surface area contributed by atoms with Crippen LogP contribution in [-0.4, -0.2) is 17.7 Å². The molecule has 0 aliphatic heterocycles. The van der Waals surface area contributed by atoms with Crippen molar-refractivity contribution in [2.24, 2.45) is 5.73 Å². The van der Waals surface area contributed by atoms with Gasteiger partial charge in [-0.1, -0.05) is 0 Å². The molecular weight excluding hydrogens is 247 g/mol. The molecule has 0 radical (unpaired) electrons. The van der Waals surface area contributed by atoms with Crippen molar-refractivity contribution < 1.29 is 13.9 Å². The summed E-state index contributed by atoms with van der Waals surface area (Å²) in [6.45, 7) is 5.36. The summed E-state index contributed by atoms with van der Waals surface area (Å²) in [7, 11) is 0. The van der Waals surface area contributed by atoms with E-state index in [0.717, 1.165) is 12.0 Å². The number of rotatable bonds is 2. The van der Waals surface area contributed by atoms with Gasteiger partial charge in [0.2, 0.25) is 0 Å². The number of amides is 1. The van der Waals surface area contributed by atoms with Crippen LogP contribution < -0.4 is 11.1 Å². The first-order valence-corrected chi connectivity index (χ1v) is 6.31. The molecule has 1 fully saturated rings. The Hall–Kier alpha value is -1.62. The molecule has 0 heterocycles. The standard InChI is InChI=1S/C14H19FN2O2/c1-14(2,3)19-13(18)17-12-5-4-8(15)6-10(12)9-7-11(9)16/h4-6,9,11H,7,16H2,1-3H3,(H,17,18)/t9-,11+/m0/s1. The van der Waals surface area contributed by atoms with E-state index in [1.165, 1.54) is 12.1 Å². The number of anilines is 1. The topological polar surface area (TPSA) is 64.3 Å². The fourth-order valence-corrected chi connectivity index (χ4v) is 1.94. The third-order valence-corrected chi connectivity index (χ3v) is 2.89. The Kier molecular flexibility index (Phi) is 3.49. The molecule has 104 valence electrons. The summed E-state index contributed by atoms with van der Waals surface area (Å²) in [5.74, 6) is -0.218. The zero-order valence-corrected chi connectivity index (χ0v) is 11.4. The first-order chi connectivity index (χ1) is 8.76. The molecule has 1 aromatic carbocycles. The van der Waals surface area contributed by atoms with Crippen molar-refractivity contribution in [3.05, 3.63) is 29.6 Å². The highest BCUT2D eigenvalue weighted by atomic mass is 19.1. The number of halogens is 1. The van der Waals surface area contributed by atoms with Crippen molar-refractivity contribution >= 4 is 11.8 Å². The largest absolute Gasteiger partial charge is 0.444 e. The number of nitrogens with two attached hydrogens (primary N) is 1. The lowest BCUT2D eigenvalue weighted by Gasteiger charge is -2.20. The van der Waals surface area contributed by atoms with Gasteiger partial charge in [-0.2, -0.15) is 0 Å². The average Bonchev–Trinajstić information content (AvgIpc) is 2.95. The minimum atomic E-state index is -0.569. The lowest BCUT2D eigenvalue weighted by Crippen LogP contribution is -2.27. The first-order valence-electron chi connectivity index (χ1n) is 6.31. The molecule has 5 heteroatoms. The van der Waals surface area contributed by atoms with Gasteiger partial charge in [0, 0.05) is 17.6 Å². The van der Waals surface area contributed by atoms with Crippen molar-refractivity contribution in [1.82, 2.24) is 0 Å². The van der Waals surface area contributed by atoms with Crippen molar-refractivity contribution in [3.8, 4) is 0 Å². The number of nitrogens with one attached hydrogen (secondary N) is 1. The average molecular weight is 266 g/mol. The Balaban J connectivity index is 2.14. The Morgan fingerprint density at radius 1 is 1.47 bits per heavy atom. The third kappa shape index (κ3) is 3.67. The number of hydrogen-bond donors (Lipinski definition) is 2. The number of benzene rings is 1. The van der Waals surface area contributed by atoms with Gasteiger partial charge in [-0.05, 0) is 51.0 Å². The normalized spacial score (nSPS) is 21.9. The molecule has 1 amide bonds. The zero-order valence-electron chi connectivity index (χ0n) is 11.4. The maximum absolute atomic E-state index is 13.3. The molecule has 1 aliphatic rings. The fraction of sp³-hybridized carbons (Fsp3) is 0.500. The highest BCUT2D eigenvalue weighted by Crippen LogP contribution is 2.42. The fourth-order valence-electron chi connectivity index (χ4n) is 1.94. The molecule has 19 heavy (non-hydrogen) atoms. The maximum Gasteiger partial charge on any atom is 0.412 e. The van der Waals surface area contributed by atoms with Gasteiger partial charge in [0.15, 0.2) is 0 Å². The van der Waals surface area contributed by atoms with Crippen LogP contribution in [0.3, 0.4) is 0 Å². The molecule has 3 N–H and O–H groups in total. The highest BCUT2D eigenvalue weighted by Gasteiger charge is 2.37. The van der Waals surface area contributed by atoms with E-state index in [4.69, 9.17) is 10.5 Å². The van der Waals surface area contributed by atoms with E-state index in [1.807, 2.05) is 0 Å². The predicted molar refractivity (Wildman–Crippen MR) is 71.6 cm³/mol. The summed E-state index contributed by atoms with van der Waals surface area (Å²) in [5.41, 5.74) is 6.51. The first kappa shape index (κ1) is 13.8. The van der Waals surface area contributed by atoms with E-state index in [2.05, 4.69) is 5.32 Å². The van der Waals surface area contributed by atoms with Gasteiger partial charge in [-0.15, -0.1) is 0 Å². The number of carbonyl (C=O) groups excluding carboxylic acids is 1. The van der Waals surface area contributed by atoms with Crippen LogP contribution in [-0.2, 0) is 4.74 Å². The molecule has 2 rings (SSSR count). The maximum atomic E-state index is 13.3. The molecule has 0 bridgehead atoms. The predicted octanol–water partition coefficient (Wildman–Crippen LogP) is 2.99. The van der Waals surface area contributed by atoms with Crippen LogP contribution in [0.4, 0.5) is 14.9 Å². The SMILES string of the molecule is CC(C)(C)OC(=O)Nc1ccc(F)cc1[C@@H]1C[C@H]1N. The van der Waals surface area contributed by atoms with Crippen LogP contribution in [0, 0.1) is 5.82 Å². The number of hydrogen-bond acceptors (Lipinski definition) is 3. The van der Waals surface area contributed by atoms with Gasteiger partial charge in [0.05, 0.1) is 0 Å². The van der Waals surface area contributed by atoms with E-state index < -0.39 is 11.7 Å². The van der Waals surface area contributed by atoms with E-state index in [-0.39, 0.29) is 17.8 Å². The molecular formula is C14H19FN2O2. The van der Waals surface area contributed by atoms with Crippen molar-refractivity contribution in [1.29, 1.82) is 0 Å². The molecule has 4 nitrogen and oxygen atoms in total. The Labute approximate surface area is 112 Å². The lowest BCUT2D eigenvalue weighted by molar-refractivity contribution is 0.0635. The molecule has 0 spiro atoms. The quantitative estimate of drug-likeness (QED) is 0.865. The molecule has 1 saturated carbocycles.